The van der Waals surface area contributed by atoms with Crippen LogP contribution in [0.15, 0.2) is 108 Å². The molecule has 0 radical (unpaired) electrons. The van der Waals surface area contributed by atoms with Crippen molar-refractivity contribution in [2.45, 2.75) is 19.0 Å². The first-order valence-corrected chi connectivity index (χ1v) is 13.5. The lowest BCUT2D eigenvalue weighted by atomic mass is 10.0. The lowest BCUT2D eigenvalue weighted by Gasteiger charge is -2.26. The average Bonchev–Trinajstić information content (AvgIpc) is 3.57. The van der Waals surface area contributed by atoms with E-state index in [0.29, 0.717) is 26.7 Å². The fourth-order valence-electron chi connectivity index (χ4n) is 4.75. The summed E-state index contributed by atoms with van der Waals surface area (Å²) >= 11 is 18.6. The number of nitrogens with one attached hydrogen (secondary N) is 1. The number of ether oxygens (including phenoxy) is 1. The van der Waals surface area contributed by atoms with Gasteiger partial charge in [0.05, 0.1) is 21.8 Å². The molecule has 8 heteroatoms. The third kappa shape index (κ3) is 4.99. The summed E-state index contributed by atoms with van der Waals surface area (Å²) < 4.78 is 12.5. The highest BCUT2D eigenvalue weighted by atomic mass is 35.5. The monoisotopic (exact) mass is 571 g/mol. The van der Waals surface area contributed by atoms with Crippen LogP contribution < -0.4 is 15.0 Å². The molecule has 1 aliphatic rings. The zero-order valence-corrected chi connectivity index (χ0v) is 23.2. The number of furan rings is 1. The number of rotatable bonds is 6. The largest absolute Gasteiger partial charge is 0.459 e. The number of para-hydroxylation sites is 1. The van der Waals surface area contributed by atoms with Crippen LogP contribution >= 0.6 is 35.4 Å². The van der Waals surface area contributed by atoms with Crippen LogP contribution in [0.2, 0.25) is 10.0 Å². The normalized spacial score (nSPS) is 16.8. The Labute approximate surface area is 242 Å². The minimum atomic E-state index is -0.303. The van der Waals surface area contributed by atoms with E-state index in [1.165, 1.54) is 0 Å². The van der Waals surface area contributed by atoms with Crippen LogP contribution in [0.1, 0.15) is 29.1 Å². The number of pyridine rings is 1. The molecule has 2 atom stereocenters. The van der Waals surface area contributed by atoms with Crippen LogP contribution in [-0.4, -0.2) is 10.1 Å². The molecule has 0 aliphatic carbocycles. The lowest BCUT2D eigenvalue weighted by molar-refractivity contribution is 0.439. The molecule has 6 rings (SSSR count). The van der Waals surface area contributed by atoms with Gasteiger partial charge in [0, 0.05) is 17.4 Å². The summed E-state index contributed by atoms with van der Waals surface area (Å²) in [7, 11) is 0. The van der Waals surface area contributed by atoms with E-state index in [1.54, 1.807) is 12.3 Å². The Hall–Kier alpha value is -3.84. The van der Waals surface area contributed by atoms with Gasteiger partial charge in [0.2, 0.25) is 0 Å². The van der Waals surface area contributed by atoms with Crippen LogP contribution in [0.5, 0.6) is 11.5 Å². The third-order valence-electron chi connectivity index (χ3n) is 6.67. The lowest BCUT2D eigenvalue weighted by Crippen LogP contribution is -2.29. The molecule has 0 amide bonds. The highest BCUT2D eigenvalue weighted by Gasteiger charge is 2.42. The predicted molar refractivity (Wildman–Crippen MR) is 160 cm³/mol. The van der Waals surface area contributed by atoms with Gasteiger partial charge in [-0.3, -0.25) is 4.98 Å². The van der Waals surface area contributed by atoms with E-state index in [9.17, 15) is 0 Å². The topological polar surface area (TPSA) is 50.5 Å². The van der Waals surface area contributed by atoms with Crippen molar-refractivity contribution in [2.24, 2.45) is 0 Å². The Balaban J connectivity index is 1.37. The van der Waals surface area contributed by atoms with Crippen LogP contribution in [0.3, 0.4) is 0 Å². The second-order valence-electron chi connectivity index (χ2n) is 9.16. The Bertz CT molecular complexity index is 1640. The summed E-state index contributed by atoms with van der Waals surface area (Å²) in [5, 5.41) is 4.94. The molecule has 1 saturated heterocycles. The van der Waals surface area contributed by atoms with Crippen molar-refractivity contribution >= 4 is 46.2 Å². The van der Waals surface area contributed by atoms with Gasteiger partial charge < -0.3 is 19.4 Å². The van der Waals surface area contributed by atoms with E-state index in [-0.39, 0.29) is 12.1 Å². The van der Waals surface area contributed by atoms with Gasteiger partial charge in [-0.25, -0.2) is 0 Å². The summed E-state index contributed by atoms with van der Waals surface area (Å²) in [6.45, 7) is 2.02. The fourth-order valence-corrected chi connectivity index (χ4v) is 5.48. The number of hydrogen-bond donors (Lipinski definition) is 1. The molecular weight excluding hydrogens is 549 g/mol. The molecule has 1 N–H and O–H groups in total. The SMILES string of the molecule is Cc1ccccc1Oc1ccc(N2C(=S)N[C@@H](c3ccccn3)[C@@H]2c2ccc(-c3cccc(Cl)c3Cl)o2)cc1. The van der Waals surface area contributed by atoms with Gasteiger partial charge in [-0.05, 0) is 91.4 Å². The Kier molecular flexibility index (Phi) is 7.00. The molecule has 1 fully saturated rings. The Morgan fingerprint density at radius 2 is 1.69 bits per heavy atom. The second kappa shape index (κ2) is 10.7. The number of benzene rings is 3. The van der Waals surface area contributed by atoms with E-state index in [1.807, 2.05) is 97.9 Å². The number of hydrogen-bond acceptors (Lipinski definition) is 4. The van der Waals surface area contributed by atoms with Crippen molar-refractivity contribution in [2.75, 3.05) is 4.90 Å². The van der Waals surface area contributed by atoms with Gasteiger partial charge in [0.15, 0.2) is 5.11 Å². The fraction of sp³-hybridized carbons (Fsp3) is 0.0968. The molecule has 2 aromatic heterocycles. The maximum atomic E-state index is 6.49. The average molecular weight is 573 g/mol. The first-order chi connectivity index (χ1) is 19.0. The number of nitrogens with zero attached hydrogens (tertiary/aromatic N) is 2. The molecule has 194 valence electrons. The van der Waals surface area contributed by atoms with Crippen LogP contribution in [0, 0.1) is 6.92 Å². The number of aryl methyl sites for hydroxylation is 1. The summed E-state index contributed by atoms with van der Waals surface area (Å²) in [6, 6.07) is 30.4. The summed E-state index contributed by atoms with van der Waals surface area (Å²) in [4.78, 5) is 6.66. The molecule has 3 heterocycles. The predicted octanol–water partition coefficient (Wildman–Crippen LogP) is 8.93. The Morgan fingerprint density at radius 1 is 0.897 bits per heavy atom. The molecular formula is C31H23Cl2N3O2S. The van der Waals surface area contributed by atoms with Crippen molar-refractivity contribution in [1.29, 1.82) is 0 Å². The Morgan fingerprint density at radius 3 is 2.46 bits per heavy atom. The van der Waals surface area contributed by atoms with Crippen LogP contribution in [0.25, 0.3) is 11.3 Å². The van der Waals surface area contributed by atoms with Crippen LogP contribution in [-0.2, 0) is 0 Å². The number of anilines is 1. The first kappa shape index (κ1) is 25.4. The molecule has 1 aliphatic heterocycles. The van der Waals surface area contributed by atoms with E-state index < -0.39 is 0 Å². The van der Waals surface area contributed by atoms with Crippen LogP contribution in [0.4, 0.5) is 5.69 Å². The van der Waals surface area contributed by atoms with Crippen molar-refractivity contribution in [3.63, 3.8) is 0 Å². The maximum Gasteiger partial charge on any atom is 0.174 e. The van der Waals surface area contributed by atoms with Crippen molar-refractivity contribution in [3.05, 3.63) is 130 Å². The first-order valence-electron chi connectivity index (χ1n) is 12.4. The molecule has 0 spiro atoms. The third-order valence-corrected chi connectivity index (χ3v) is 7.80. The summed E-state index contributed by atoms with van der Waals surface area (Å²) in [5.74, 6) is 2.89. The number of aromatic nitrogens is 1. The van der Waals surface area contributed by atoms with Gasteiger partial charge in [-0.1, -0.05) is 53.5 Å². The van der Waals surface area contributed by atoms with Gasteiger partial charge in [-0.15, -0.1) is 0 Å². The number of thiocarbonyl (C=S) groups is 1. The second-order valence-corrected chi connectivity index (χ2v) is 10.3. The van der Waals surface area contributed by atoms with Gasteiger partial charge in [0.25, 0.3) is 0 Å². The van der Waals surface area contributed by atoms with E-state index in [0.717, 1.165) is 34.0 Å². The molecule has 39 heavy (non-hydrogen) atoms. The summed E-state index contributed by atoms with van der Waals surface area (Å²) in [5.41, 5.74) is 3.54. The zero-order chi connectivity index (χ0) is 26.9. The molecule has 5 nitrogen and oxygen atoms in total. The molecule has 5 aromatic rings. The minimum absolute atomic E-state index is 0.240. The van der Waals surface area contributed by atoms with E-state index in [4.69, 9.17) is 44.6 Å². The minimum Gasteiger partial charge on any atom is -0.459 e. The smallest absolute Gasteiger partial charge is 0.174 e. The molecule has 0 unspecified atom stereocenters. The van der Waals surface area contributed by atoms with Crippen molar-refractivity contribution < 1.29 is 9.15 Å². The number of halogens is 2. The quantitative estimate of drug-likeness (QED) is 0.205. The van der Waals surface area contributed by atoms with E-state index >= 15 is 0 Å². The van der Waals surface area contributed by atoms with Crippen molar-refractivity contribution in [3.8, 4) is 22.8 Å². The highest BCUT2D eigenvalue weighted by Crippen LogP contribution is 2.44. The standard InChI is InChI=1S/C31H23Cl2N3O2S/c1-19-7-2-3-11-25(19)37-21-14-12-20(13-15-21)36-30(29(35-31(36)39)24-10-4-5-18-34-24)27-17-16-26(38-27)22-8-6-9-23(32)28(22)33/h2-18,29-30H,1H3,(H,35,39)/t29-,30-/m0/s1. The highest BCUT2D eigenvalue weighted by molar-refractivity contribution is 7.80. The van der Waals surface area contributed by atoms with Gasteiger partial charge in [0.1, 0.15) is 29.1 Å². The van der Waals surface area contributed by atoms with Crippen molar-refractivity contribution in [1.82, 2.24) is 10.3 Å². The molecule has 0 saturated carbocycles. The zero-order valence-electron chi connectivity index (χ0n) is 20.8. The summed E-state index contributed by atoms with van der Waals surface area (Å²) in [6.07, 6.45) is 1.77. The van der Waals surface area contributed by atoms with Gasteiger partial charge in [-0.2, -0.15) is 0 Å². The molecule has 3 aromatic carbocycles. The molecule has 0 bridgehead atoms. The maximum absolute atomic E-state index is 6.49. The van der Waals surface area contributed by atoms with Gasteiger partial charge >= 0.3 is 0 Å². The van der Waals surface area contributed by atoms with E-state index in [2.05, 4.69) is 15.2 Å².